The molecule has 0 fully saturated rings. The van der Waals surface area contributed by atoms with Crippen LogP contribution in [0.5, 0.6) is 0 Å². The quantitative estimate of drug-likeness (QED) is 0.444. The van der Waals surface area contributed by atoms with Crippen molar-refractivity contribution in [3.63, 3.8) is 0 Å². The Morgan fingerprint density at radius 1 is 1.63 bits per heavy atom. The molecule has 102 valence electrons. The maximum absolute atomic E-state index is 11.2. The molecule has 3 N–H and O–H groups in total. The standard InChI is InChI=1S/C11H16N6OS/c1-16(6-9-2-5-19-8-9)3-4-17-7-10(14-15-17)11(18)13-12/h2,5,7-8H,3-4,6,12H2,1H3,(H,13,18). The number of hydrogen-bond acceptors (Lipinski definition) is 6. The van der Waals surface area contributed by atoms with Gasteiger partial charge in [-0.15, -0.1) is 5.10 Å². The van der Waals surface area contributed by atoms with Gasteiger partial charge in [0.2, 0.25) is 0 Å². The van der Waals surface area contributed by atoms with Gasteiger partial charge in [-0.25, -0.2) is 5.84 Å². The van der Waals surface area contributed by atoms with Gasteiger partial charge >= 0.3 is 0 Å². The van der Waals surface area contributed by atoms with E-state index in [0.717, 1.165) is 13.1 Å². The highest BCUT2D eigenvalue weighted by molar-refractivity contribution is 7.07. The van der Waals surface area contributed by atoms with E-state index in [4.69, 9.17) is 5.84 Å². The number of likely N-dealkylation sites (N-methyl/N-ethyl adjacent to an activating group) is 1. The smallest absolute Gasteiger partial charge is 0.287 e. The summed E-state index contributed by atoms with van der Waals surface area (Å²) >= 11 is 1.69. The fourth-order valence-electron chi connectivity index (χ4n) is 1.63. The molecular weight excluding hydrogens is 264 g/mol. The summed E-state index contributed by atoms with van der Waals surface area (Å²) in [7, 11) is 2.04. The van der Waals surface area contributed by atoms with Gasteiger partial charge < -0.3 is 4.90 Å². The molecule has 2 heterocycles. The number of nitrogen functional groups attached to an aromatic ring is 1. The third-order valence-electron chi connectivity index (χ3n) is 2.65. The second-order valence-corrected chi connectivity index (χ2v) is 4.99. The van der Waals surface area contributed by atoms with E-state index in [0.29, 0.717) is 6.54 Å². The second kappa shape index (κ2) is 6.41. The van der Waals surface area contributed by atoms with Crippen molar-refractivity contribution in [3.8, 4) is 0 Å². The molecule has 0 aromatic carbocycles. The number of carbonyl (C=O) groups is 1. The van der Waals surface area contributed by atoms with Crippen LogP contribution in [0.4, 0.5) is 0 Å². The zero-order valence-corrected chi connectivity index (χ0v) is 11.4. The zero-order valence-electron chi connectivity index (χ0n) is 10.6. The topological polar surface area (TPSA) is 89.1 Å². The van der Waals surface area contributed by atoms with Crippen LogP contribution in [-0.4, -0.2) is 39.4 Å². The molecule has 0 aliphatic carbocycles. The molecule has 0 aliphatic heterocycles. The van der Waals surface area contributed by atoms with Crippen molar-refractivity contribution in [2.45, 2.75) is 13.1 Å². The Bertz CT molecular complexity index is 523. The number of amides is 1. The van der Waals surface area contributed by atoms with Gasteiger partial charge in [-0.05, 0) is 29.4 Å². The summed E-state index contributed by atoms with van der Waals surface area (Å²) in [6, 6.07) is 2.11. The van der Waals surface area contributed by atoms with E-state index in [1.807, 2.05) is 12.5 Å². The Kier molecular flexibility index (Phi) is 4.61. The first-order chi connectivity index (χ1) is 9.19. The predicted molar refractivity (Wildman–Crippen MR) is 72.3 cm³/mol. The first kappa shape index (κ1) is 13.7. The van der Waals surface area contributed by atoms with Crippen molar-refractivity contribution in [1.29, 1.82) is 0 Å². The molecule has 0 unspecified atom stereocenters. The van der Waals surface area contributed by atoms with Crippen LogP contribution in [0.1, 0.15) is 16.1 Å². The maximum Gasteiger partial charge on any atom is 0.287 e. The number of carbonyl (C=O) groups excluding carboxylic acids is 1. The number of aromatic nitrogens is 3. The Morgan fingerprint density at radius 2 is 2.47 bits per heavy atom. The molecule has 7 nitrogen and oxygen atoms in total. The summed E-state index contributed by atoms with van der Waals surface area (Å²) in [4.78, 5) is 13.4. The largest absolute Gasteiger partial charge is 0.300 e. The minimum atomic E-state index is -0.433. The van der Waals surface area contributed by atoms with Gasteiger partial charge in [0.25, 0.3) is 5.91 Å². The Balaban J connectivity index is 1.81. The minimum absolute atomic E-state index is 0.225. The highest BCUT2D eigenvalue weighted by Crippen LogP contribution is 2.08. The van der Waals surface area contributed by atoms with Gasteiger partial charge in [0.15, 0.2) is 5.69 Å². The molecule has 2 rings (SSSR count). The monoisotopic (exact) mass is 280 g/mol. The van der Waals surface area contributed by atoms with E-state index in [-0.39, 0.29) is 5.69 Å². The van der Waals surface area contributed by atoms with Gasteiger partial charge in [-0.1, -0.05) is 5.21 Å². The Hall–Kier alpha value is -1.77. The molecule has 0 bridgehead atoms. The van der Waals surface area contributed by atoms with Crippen LogP contribution in [0.2, 0.25) is 0 Å². The number of nitrogens with two attached hydrogens (primary N) is 1. The highest BCUT2D eigenvalue weighted by Gasteiger charge is 2.09. The van der Waals surface area contributed by atoms with Crippen molar-refractivity contribution in [1.82, 2.24) is 25.3 Å². The normalized spacial score (nSPS) is 10.9. The highest BCUT2D eigenvalue weighted by atomic mass is 32.1. The molecule has 0 atom stereocenters. The summed E-state index contributed by atoms with van der Waals surface area (Å²) in [5.74, 6) is 4.59. The number of thiophene rings is 1. The van der Waals surface area contributed by atoms with E-state index in [9.17, 15) is 4.79 Å². The van der Waals surface area contributed by atoms with E-state index < -0.39 is 5.91 Å². The molecular formula is C11H16N6OS. The van der Waals surface area contributed by atoms with Crippen LogP contribution in [-0.2, 0) is 13.1 Å². The van der Waals surface area contributed by atoms with Crippen LogP contribution in [0.3, 0.4) is 0 Å². The summed E-state index contributed by atoms with van der Waals surface area (Å²) in [6.07, 6.45) is 1.58. The van der Waals surface area contributed by atoms with Crippen LogP contribution < -0.4 is 11.3 Å². The van der Waals surface area contributed by atoms with Gasteiger partial charge in [0.1, 0.15) is 0 Å². The fraction of sp³-hybridized carbons (Fsp3) is 0.364. The van der Waals surface area contributed by atoms with Gasteiger partial charge in [0, 0.05) is 13.1 Å². The summed E-state index contributed by atoms with van der Waals surface area (Å²) < 4.78 is 1.63. The van der Waals surface area contributed by atoms with Crippen molar-refractivity contribution in [2.75, 3.05) is 13.6 Å². The molecule has 0 spiro atoms. The predicted octanol–water partition coefficient (Wildman–Crippen LogP) is 0.0751. The Labute approximate surface area is 115 Å². The van der Waals surface area contributed by atoms with Crippen LogP contribution in [0.15, 0.2) is 23.0 Å². The number of nitrogens with one attached hydrogen (secondary N) is 1. The number of hydrazine groups is 1. The van der Waals surface area contributed by atoms with Crippen LogP contribution in [0, 0.1) is 0 Å². The van der Waals surface area contributed by atoms with Crippen molar-refractivity contribution < 1.29 is 4.79 Å². The number of rotatable bonds is 6. The van der Waals surface area contributed by atoms with Crippen molar-refractivity contribution in [3.05, 3.63) is 34.3 Å². The molecule has 0 radical (unpaired) electrons. The minimum Gasteiger partial charge on any atom is -0.300 e. The van der Waals surface area contributed by atoms with E-state index in [1.54, 1.807) is 22.2 Å². The van der Waals surface area contributed by atoms with Gasteiger partial charge in [-0.2, -0.15) is 11.3 Å². The van der Waals surface area contributed by atoms with Crippen molar-refractivity contribution in [2.24, 2.45) is 5.84 Å². The lowest BCUT2D eigenvalue weighted by atomic mass is 10.3. The average molecular weight is 280 g/mol. The van der Waals surface area contributed by atoms with Gasteiger partial charge in [0.05, 0.1) is 12.7 Å². The number of hydrogen-bond donors (Lipinski definition) is 2. The van der Waals surface area contributed by atoms with Crippen LogP contribution in [0.25, 0.3) is 0 Å². The molecule has 0 saturated heterocycles. The first-order valence-electron chi connectivity index (χ1n) is 5.79. The molecule has 1 amide bonds. The lowest BCUT2D eigenvalue weighted by molar-refractivity contribution is 0.0948. The van der Waals surface area contributed by atoms with E-state index in [1.165, 1.54) is 5.56 Å². The summed E-state index contributed by atoms with van der Waals surface area (Å²) in [6.45, 7) is 2.39. The molecule has 8 heteroatoms. The lowest BCUT2D eigenvalue weighted by Gasteiger charge is -2.15. The lowest BCUT2D eigenvalue weighted by Crippen LogP contribution is -2.30. The molecule has 2 aromatic heterocycles. The molecule has 0 aliphatic rings. The van der Waals surface area contributed by atoms with E-state index >= 15 is 0 Å². The van der Waals surface area contributed by atoms with Crippen molar-refractivity contribution >= 4 is 17.2 Å². The molecule has 0 saturated carbocycles. The summed E-state index contributed by atoms with van der Waals surface area (Å²) in [5, 5.41) is 11.8. The Morgan fingerprint density at radius 3 is 3.16 bits per heavy atom. The second-order valence-electron chi connectivity index (χ2n) is 4.21. The average Bonchev–Trinajstić information content (AvgIpc) is 3.06. The SMILES string of the molecule is CN(CCn1cc(C(=O)NN)nn1)Cc1ccsc1. The van der Waals surface area contributed by atoms with E-state index in [2.05, 4.69) is 32.0 Å². The first-order valence-corrected chi connectivity index (χ1v) is 6.74. The molecule has 19 heavy (non-hydrogen) atoms. The fourth-order valence-corrected chi connectivity index (χ4v) is 2.29. The maximum atomic E-state index is 11.2. The van der Waals surface area contributed by atoms with Crippen LogP contribution >= 0.6 is 11.3 Å². The zero-order chi connectivity index (χ0) is 13.7. The summed E-state index contributed by atoms with van der Waals surface area (Å²) in [5.41, 5.74) is 3.55. The molecule has 2 aromatic rings. The van der Waals surface area contributed by atoms with Gasteiger partial charge in [-0.3, -0.25) is 14.9 Å². The third kappa shape index (κ3) is 3.85. The number of nitrogens with zero attached hydrogens (tertiary/aromatic N) is 4. The third-order valence-corrected chi connectivity index (χ3v) is 3.38.